The molecule has 2 aliphatic heterocycles. The van der Waals surface area contributed by atoms with Crippen molar-refractivity contribution in [2.24, 2.45) is 0 Å². The summed E-state index contributed by atoms with van der Waals surface area (Å²) in [5.74, 6) is -0.900. The number of amides is 2. The largest absolute Gasteiger partial charge is 0.468 e. The number of hydrogen-bond acceptors (Lipinski definition) is 7. The Labute approximate surface area is 192 Å². The summed E-state index contributed by atoms with van der Waals surface area (Å²) in [6, 6.07) is 8.47. The van der Waals surface area contributed by atoms with Crippen molar-refractivity contribution < 1.29 is 27.2 Å². The van der Waals surface area contributed by atoms with Crippen molar-refractivity contribution in [2.45, 2.75) is 18.9 Å². The number of benzene rings is 1. The van der Waals surface area contributed by atoms with Crippen LogP contribution < -0.4 is 14.9 Å². The Kier molecular flexibility index (Phi) is 7.01. The summed E-state index contributed by atoms with van der Waals surface area (Å²) < 4.78 is 36.5. The van der Waals surface area contributed by atoms with Crippen molar-refractivity contribution >= 4 is 33.2 Å². The summed E-state index contributed by atoms with van der Waals surface area (Å²) in [5, 5.41) is 5.26. The topological polar surface area (TPSA) is 121 Å². The van der Waals surface area contributed by atoms with Crippen molar-refractivity contribution in [3.8, 4) is 0 Å². The van der Waals surface area contributed by atoms with Crippen molar-refractivity contribution in [3.63, 3.8) is 0 Å². The van der Waals surface area contributed by atoms with Gasteiger partial charge in [-0.1, -0.05) is 6.07 Å². The Morgan fingerprint density at radius 2 is 1.91 bits per heavy atom. The quantitative estimate of drug-likeness (QED) is 0.599. The summed E-state index contributed by atoms with van der Waals surface area (Å²) in [6.07, 6.45) is 4.22. The lowest BCUT2D eigenvalue weighted by atomic mass is 10.0. The fraction of sp³-hybridized carbons (Fsp3) is 0.455. The normalized spacial score (nSPS) is 17.8. The average molecular weight is 477 g/mol. The number of ether oxygens (including phenoxy) is 1. The van der Waals surface area contributed by atoms with Crippen molar-refractivity contribution in [1.29, 1.82) is 0 Å². The standard InChI is InChI=1S/C22H28N4O6S/c1-33(29,30)26-8-2-4-16-6-7-17(14-18(16)26)24-22(28)21(27)23-15-19(20-5-3-11-32-20)25-9-12-31-13-10-25/h3,5-7,11,14,19H,2,4,8-10,12-13,15H2,1H3,(H,23,27)(H,24,28). The molecule has 4 rings (SSSR count). The average Bonchev–Trinajstić information content (AvgIpc) is 3.33. The molecule has 2 amide bonds. The van der Waals surface area contributed by atoms with E-state index in [0.29, 0.717) is 50.0 Å². The number of carbonyl (C=O) groups excluding carboxylic acids is 2. The fourth-order valence-corrected chi connectivity index (χ4v) is 5.19. The number of nitrogens with one attached hydrogen (secondary N) is 2. The van der Waals surface area contributed by atoms with E-state index in [1.54, 1.807) is 30.5 Å². The lowest BCUT2D eigenvalue weighted by Gasteiger charge is -2.33. The first-order valence-electron chi connectivity index (χ1n) is 10.9. The minimum absolute atomic E-state index is 0.200. The highest BCUT2D eigenvalue weighted by atomic mass is 32.2. The Balaban J connectivity index is 1.41. The predicted molar refractivity (Wildman–Crippen MR) is 122 cm³/mol. The van der Waals surface area contributed by atoms with Crippen LogP contribution in [-0.4, -0.2) is 70.8 Å². The van der Waals surface area contributed by atoms with E-state index >= 15 is 0 Å². The first-order chi connectivity index (χ1) is 15.8. The number of aryl methyl sites for hydroxylation is 1. The van der Waals surface area contributed by atoms with Crippen LogP contribution in [-0.2, 0) is 30.8 Å². The maximum atomic E-state index is 12.5. The highest BCUT2D eigenvalue weighted by molar-refractivity contribution is 7.92. The molecule has 1 fully saturated rings. The number of hydrogen-bond donors (Lipinski definition) is 2. The molecule has 2 N–H and O–H groups in total. The van der Waals surface area contributed by atoms with Gasteiger partial charge in [0.05, 0.1) is 37.5 Å². The molecule has 1 aromatic heterocycles. The maximum Gasteiger partial charge on any atom is 0.313 e. The second-order valence-corrected chi connectivity index (χ2v) is 10.0. The lowest BCUT2D eigenvalue weighted by molar-refractivity contribution is -0.136. The second kappa shape index (κ2) is 9.94. The van der Waals surface area contributed by atoms with Gasteiger partial charge in [-0.2, -0.15) is 0 Å². The monoisotopic (exact) mass is 476 g/mol. The van der Waals surface area contributed by atoms with Crippen molar-refractivity contribution in [3.05, 3.63) is 47.9 Å². The molecule has 10 nitrogen and oxygen atoms in total. The molecule has 3 heterocycles. The molecule has 0 aliphatic carbocycles. The van der Waals surface area contributed by atoms with Crippen LogP contribution in [0.25, 0.3) is 0 Å². The van der Waals surface area contributed by atoms with Gasteiger partial charge in [0.2, 0.25) is 10.0 Å². The van der Waals surface area contributed by atoms with E-state index in [4.69, 9.17) is 9.15 Å². The number of anilines is 2. The number of nitrogens with zero attached hydrogens (tertiary/aromatic N) is 2. The molecule has 178 valence electrons. The Hall–Kier alpha value is -2.89. The molecule has 1 saturated heterocycles. The third kappa shape index (κ3) is 5.55. The molecule has 1 unspecified atom stereocenters. The van der Waals surface area contributed by atoms with E-state index in [9.17, 15) is 18.0 Å². The molecular formula is C22H28N4O6S. The van der Waals surface area contributed by atoms with Gasteiger partial charge in [-0.3, -0.25) is 18.8 Å². The fourth-order valence-electron chi connectivity index (χ4n) is 4.20. The van der Waals surface area contributed by atoms with Crippen molar-refractivity contribution in [1.82, 2.24) is 10.2 Å². The van der Waals surface area contributed by atoms with Gasteiger partial charge >= 0.3 is 11.8 Å². The van der Waals surface area contributed by atoms with Crippen LogP contribution in [0.4, 0.5) is 11.4 Å². The van der Waals surface area contributed by atoms with Crippen LogP contribution in [0.1, 0.15) is 23.8 Å². The highest BCUT2D eigenvalue weighted by Crippen LogP contribution is 2.31. The van der Waals surface area contributed by atoms with Gasteiger partial charge in [-0.25, -0.2) is 8.42 Å². The minimum atomic E-state index is -3.43. The van der Waals surface area contributed by atoms with Gasteiger partial charge in [-0.05, 0) is 42.7 Å². The van der Waals surface area contributed by atoms with E-state index in [1.165, 1.54) is 4.31 Å². The number of rotatable bonds is 6. The summed E-state index contributed by atoms with van der Waals surface area (Å²) in [4.78, 5) is 27.2. The van der Waals surface area contributed by atoms with Crippen LogP contribution in [0.15, 0.2) is 41.0 Å². The molecular weight excluding hydrogens is 448 g/mol. The van der Waals surface area contributed by atoms with Crippen LogP contribution in [0, 0.1) is 0 Å². The van der Waals surface area contributed by atoms with E-state index < -0.39 is 21.8 Å². The molecule has 0 spiro atoms. The highest BCUT2D eigenvalue weighted by Gasteiger charge is 2.27. The number of sulfonamides is 1. The molecule has 11 heteroatoms. The van der Waals surface area contributed by atoms with E-state index in [-0.39, 0.29) is 12.6 Å². The molecule has 0 bridgehead atoms. The van der Waals surface area contributed by atoms with E-state index in [0.717, 1.165) is 24.7 Å². The summed E-state index contributed by atoms with van der Waals surface area (Å²) in [7, 11) is -3.43. The molecule has 2 aromatic rings. The third-order valence-corrected chi connectivity index (χ3v) is 7.02. The van der Waals surface area contributed by atoms with Gasteiger partial charge in [-0.15, -0.1) is 0 Å². The molecule has 33 heavy (non-hydrogen) atoms. The van der Waals surface area contributed by atoms with E-state index in [2.05, 4.69) is 15.5 Å². The van der Waals surface area contributed by atoms with E-state index in [1.807, 2.05) is 6.07 Å². The molecule has 0 radical (unpaired) electrons. The van der Waals surface area contributed by atoms with Gasteiger partial charge in [0.15, 0.2) is 0 Å². The maximum absolute atomic E-state index is 12.5. The van der Waals surface area contributed by atoms with Gasteiger partial charge in [0.25, 0.3) is 0 Å². The molecule has 1 aromatic carbocycles. The van der Waals surface area contributed by atoms with Crippen LogP contribution in [0.5, 0.6) is 0 Å². The second-order valence-electron chi connectivity index (χ2n) is 8.13. The number of fused-ring (bicyclic) bond motifs is 1. The number of carbonyl (C=O) groups is 2. The summed E-state index contributed by atoms with van der Waals surface area (Å²) in [5.41, 5.74) is 1.79. The molecule has 0 saturated carbocycles. The van der Waals surface area contributed by atoms with Crippen LogP contribution in [0.2, 0.25) is 0 Å². The zero-order chi connectivity index (χ0) is 23.4. The Morgan fingerprint density at radius 3 is 2.61 bits per heavy atom. The summed E-state index contributed by atoms with van der Waals surface area (Å²) >= 11 is 0. The minimum Gasteiger partial charge on any atom is -0.468 e. The SMILES string of the molecule is CS(=O)(=O)N1CCCc2ccc(NC(=O)C(=O)NCC(c3ccco3)N3CCOCC3)cc21. The molecule has 2 aliphatic rings. The number of furan rings is 1. The zero-order valence-electron chi connectivity index (χ0n) is 18.5. The molecule has 1 atom stereocenters. The Bertz CT molecular complexity index is 1100. The van der Waals surface area contributed by atoms with Crippen molar-refractivity contribution in [2.75, 3.05) is 55.3 Å². The smallest absolute Gasteiger partial charge is 0.313 e. The predicted octanol–water partition coefficient (Wildman–Crippen LogP) is 1.12. The third-order valence-electron chi connectivity index (χ3n) is 5.84. The number of morpholine rings is 1. The van der Waals surface area contributed by atoms with Gasteiger partial charge < -0.3 is 19.8 Å². The zero-order valence-corrected chi connectivity index (χ0v) is 19.3. The Morgan fingerprint density at radius 1 is 1.12 bits per heavy atom. The van der Waals surface area contributed by atoms with Crippen LogP contribution in [0.3, 0.4) is 0 Å². The first kappa shape index (κ1) is 23.3. The van der Waals surface area contributed by atoms with Crippen LogP contribution >= 0.6 is 0 Å². The van der Waals surface area contributed by atoms with Gasteiger partial charge in [0.1, 0.15) is 5.76 Å². The first-order valence-corrected chi connectivity index (χ1v) is 12.7. The summed E-state index contributed by atoms with van der Waals surface area (Å²) in [6.45, 7) is 3.16. The van der Waals surface area contributed by atoms with Gasteiger partial charge in [0, 0.05) is 31.9 Å². The lowest BCUT2D eigenvalue weighted by Crippen LogP contribution is -2.45.